The van der Waals surface area contributed by atoms with Crippen LogP contribution in [0.25, 0.3) is 0 Å². The van der Waals surface area contributed by atoms with E-state index >= 15 is 0 Å². The number of likely N-dealkylation sites (tertiary alicyclic amines) is 1. The van der Waals surface area contributed by atoms with Crippen LogP contribution in [0, 0.1) is 0 Å². The molecule has 1 aromatic carbocycles. The monoisotopic (exact) mass is 249 g/mol. The van der Waals surface area contributed by atoms with Crippen LogP contribution in [-0.2, 0) is 11.3 Å². The number of carboxylic acid groups (broad SMARTS) is 1. The van der Waals surface area contributed by atoms with Gasteiger partial charge in [0.25, 0.3) is 0 Å². The van der Waals surface area contributed by atoms with Gasteiger partial charge < -0.3 is 9.84 Å². The maximum Gasteiger partial charge on any atom is 0.335 e. The summed E-state index contributed by atoms with van der Waals surface area (Å²) < 4.78 is 5.34. The van der Waals surface area contributed by atoms with Gasteiger partial charge in [-0.25, -0.2) is 4.79 Å². The van der Waals surface area contributed by atoms with Crippen molar-refractivity contribution in [3.63, 3.8) is 0 Å². The van der Waals surface area contributed by atoms with E-state index in [4.69, 9.17) is 9.84 Å². The van der Waals surface area contributed by atoms with E-state index in [9.17, 15) is 4.79 Å². The van der Waals surface area contributed by atoms with Gasteiger partial charge in [0.2, 0.25) is 0 Å². The number of nitrogens with zero attached hydrogens (tertiary/aromatic N) is 1. The summed E-state index contributed by atoms with van der Waals surface area (Å²) >= 11 is 0. The molecule has 1 aromatic rings. The maximum atomic E-state index is 10.9. The molecular formula is C14H19NO3. The first kappa shape index (κ1) is 13.1. The summed E-state index contributed by atoms with van der Waals surface area (Å²) in [6.07, 6.45) is 2.48. The molecule has 1 fully saturated rings. The standard InChI is InChI=1S/C14H19NO3/c1-18-13-5-7-15(8-6-13)10-11-3-2-4-12(9-11)14(16)17/h2-4,9,13H,5-8,10H2,1H3,(H,16,17). The lowest BCUT2D eigenvalue weighted by Crippen LogP contribution is -2.36. The number of carboxylic acids is 1. The van der Waals surface area contributed by atoms with E-state index < -0.39 is 5.97 Å². The van der Waals surface area contributed by atoms with E-state index in [1.54, 1.807) is 25.3 Å². The van der Waals surface area contributed by atoms with E-state index in [0.717, 1.165) is 38.0 Å². The zero-order valence-electron chi connectivity index (χ0n) is 10.6. The van der Waals surface area contributed by atoms with Crippen LogP contribution in [-0.4, -0.2) is 42.3 Å². The predicted octanol–water partition coefficient (Wildman–Crippen LogP) is 2.00. The van der Waals surface area contributed by atoms with Crippen molar-refractivity contribution >= 4 is 5.97 Å². The van der Waals surface area contributed by atoms with Crippen LogP contribution in [0.4, 0.5) is 0 Å². The van der Waals surface area contributed by atoms with Gasteiger partial charge in [-0.05, 0) is 30.5 Å². The molecule has 18 heavy (non-hydrogen) atoms. The minimum absolute atomic E-state index is 0.360. The number of carbonyl (C=O) groups is 1. The lowest BCUT2D eigenvalue weighted by atomic mass is 10.1. The fourth-order valence-electron chi connectivity index (χ4n) is 2.36. The molecule has 98 valence electrons. The third-order valence-corrected chi connectivity index (χ3v) is 3.45. The Balaban J connectivity index is 1.94. The number of rotatable bonds is 4. The van der Waals surface area contributed by atoms with Crippen LogP contribution in [0.1, 0.15) is 28.8 Å². The average molecular weight is 249 g/mol. The van der Waals surface area contributed by atoms with Crippen LogP contribution in [0.15, 0.2) is 24.3 Å². The molecule has 0 radical (unpaired) electrons. The number of piperidine rings is 1. The summed E-state index contributed by atoms with van der Waals surface area (Å²) in [6.45, 7) is 2.84. The molecule has 1 saturated heterocycles. The van der Waals surface area contributed by atoms with Crippen LogP contribution in [0.5, 0.6) is 0 Å². The highest BCUT2D eigenvalue weighted by molar-refractivity contribution is 5.87. The highest BCUT2D eigenvalue weighted by atomic mass is 16.5. The third kappa shape index (κ3) is 3.31. The molecule has 0 amide bonds. The number of hydrogen-bond donors (Lipinski definition) is 1. The number of methoxy groups -OCH3 is 1. The first-order chi connectivity index (χ1) is 8.69. The topological polar surface area (TPSA) is 49.8 Å². The van der Waals surface area contributed by atoms with Gasteiger partial charge >= 0.3 is 5.97 Å². The van der Waals surface area contributed by atoms with E-state index in [0.29, 0.717) is 11.7 Å². The second-order valence-electron chi connectivity index (χ2n) is 4.72. The second-order valence-corrected chi connectivity index (χ2v) is 4.72. The molecule has 0 aromatic heterocycles. The largest absolute Gasteiger partial charge is 0.478 e. The molecule has 1 heterocycles. The molecule has 0 bridgehead atoms. The van der Waals surface area contributed by atoms with Crippen molar-refractivity contribution in [1.82, 2.24) is 4.90 Å². The Morgan fingerprint density at radius 1 is 1.44 bits per heavy atom. The highest BCUT2D eigenvalue weighted by Gasteiger charge is 2.18. The van der Waals surface area contributed by atoms with Crippen LogP contribution >= 0.6 is 0 Å². The van der Waals surface area contributed by atoms with Crippen molar-refractivity contribution in [1.29, 1.82) is 0 Å². The Morgan fingerprint density at radius 2 is 2.17 bits per heavy atom. The van der Waals surface area contributed by atoms with Gasteiger partial charge in [-0.15, -0.1) is 0 Å². The summed E-state index contributed by atoms with van der Waals surface area (Å²) in [7, 11) is 1.76. The smallest absolute Gasteiger partial charge is 0.335 e. The first-order valence-corrected chi connectivity index (χ1v) is 6.26. The minimum atomic E-state index is -0.866. The lowest BCUT2D eigenvalue weighted by molar-refractivity contribution is 0.0388. The van der Waals surface area contributed by atoms with Gasteiger partial charge in [0.15, 0.2) is 0 Å². The first-order valence-electron chi connectivity index (χ1n) is 6.26. The molecule has 4 heteroatoms. The van der Waals surface area contributed by atoms with E-state index in [2.05, 4.69) is 4.90 Å². The van der Waals surface area contributed by atoms with E-state index in [1.165, 1.54) is 0 Å². The zero-order chi connectivity index (χ0) is 13.0. The molecule has 1 aliphatic heterocycles. The number of benzene rings is 1. The predicted molar refractivity (Wildman–Crippen MR) is 68.7 cm³/mol. The van der Waals surface area contributed by atoms with Crippen molar-refractivity contribution in [3.8, 4) is 0 Å². The maximum absolute atomic E-state index is 10.9. The minimum Gasteiger partial charge on any atom is -0.478 e. The Bertz CT molecular complexity index is 411. The van der Waals surface area contributed by atoms with Gasteiger partial charge in [0.1, 0.15) is 0 Å². The Hall–Kier alpha value is -1.39. The summed E-state index contributed by atoms with van der Waals surface area (Å²) in [5, 5.41) is 8.95. The molecular weight excluding hydrogens is 230 g/mol. The average Bonchev–Trinajstić information content (AvgIpc) is 2.40. The van der Waals surface area contributed by atoms with Crippen molar-refractivity contribution in [2.45, 2.75) is 25.5 Å². The fourth-order valence-corrected chi connectivity index (χ4v) is 2.36. The second kappa shape index (κ2) is 5.98. The SMILES string of the molecule is COC1CCN(Cc2cccc(C(=O)O)c2)CC1. The van der Waals surface area contributed by atoms with Crippen LogP contribution < -0.4 is 0 Å². The fraction of sp³-hybridized carbons (Fsp3) is 0.500. The van der Waals surface area contributed by atoms with E-state index in [-0.39, 0.29) is 0 Å². The van der Waals surface area contributed by atoms with Gasteiger partial charge in [-0.3, -0.25) is 4.90 Å². The lowest BCUT2D eigenvalue weighted by Gasteiger charge is -2.31. The van der Waals surface area contributed by atoms with Crippen molar-refractivity contribution in [2.24, 2.45) is 0 Å². The highest BCUT2D eigenvalue weighted by Crippen LogP contribution is 2.16. The zero-order valence-corrected chi connectivity index (χ0v) is 10.6. The quantitative estimate of drug-likeness (QED) is 0.886. The summed E-state index contributed by atoms with van der Waals surface area (Å²) in [5.74, 6) is -0.866. The normalized spacial score (nSPS) is 17.8. The molecule has 4 nitrogen and oxygen atoms in total. The molecule has 0 unspecified atom stereocenters. The van der Waals surface area contributed by atoms with Gasteiger partial charge in [-0.2, -0.15) is 0 Å². The summed E-state index contributed by atoms with van der Waals surface area (Å²) in [6, 6.07) is 7.17. The number of ether oxygens (including phenoxy) is 1. The number of hydrogen-bond acceptors (Lipinski definition) is 3. The van der Waals surface area contributed by atoms with E-state index in [1.807, 2.05) is 6.07 Å². The molecule has 2 rings (SSSR count). The van der Waals surface area contributed by atoms with Gasteiger partial charge in [0.05, 0.1) is 11.7 Å². The summed E-state index contributed by atoms with van der Waals surface area (Å²) in [4.78, 5) is 13.2. The van der Waals surface area contributed by atoms with Crippen LogP contribution in [0.2, 0.25) is 0 Å². The Morgan fingerprint density at radius 3 is 2.78 bits per heavy atom. The van der Waals surface area contributed by atoms with Gasteiger partial charge in [-0.1, -0.05) is 12.1 Å². The molecule has 0 atom stereocenters. The van der Waals surface area contributed by atoms with Gasteiger partial charge in [0, 0.05) is 26.7 Å². The molecule has 0 spiro atoms. The van der Waals surface area contributed by atoms with Crippen LogP contribution in [0.3, 0.4) is 0 Å². The summed E-state index contributed by atoms with van der Waals surface area (Å²) in [5.41, 5.74) is 1.42. The Labute approximate surface area is 107 Å². The molecule has 0 saturated carbocycles. The van der Waals surface area contributed by atoms with Crippen molar-refractivity contribution < 1.29 is 14.6 Å². The number of aromatic carboxylic acids is 1. The third-order valence-electron chi connectivity index (χ3n) is 3.45. The molecule has 1 N–H and O–H groups in total. The molecule has 0 aliphatic carbocycles. The van der Waals surface area contributed by atoms with Crippen molar-refractivity contribution in [3.05, 3.63) is 35.4 Å². The molecule has 1 aliphatic rings. The Kier molecular flexibility index (Phi) is 4.33. The van der Waals surface area contributed by atoms with Crippen molar-refractivity contribution in [2.75, 3.05) is 20.2 Å².